The van der Waals surface area contributed by atoms with E-state index in [0.29, 0.717) is 12.5 Å². The number of hydrogen-bond donors (Lipinski definition) is 1. The molecule has 1 aromatic heterocycles. The summed E-state index contributed by atoms with van der Waals surface area (Å²) in [6.07, 6.45) is 2.78. The number of rotatable bonds is 4. The predicted molar refractivity (Wildman–Crippen MR) is 81.7 cm³/mol. The van der Waals surface area contributed by atoms with Crippen LogP contribution in [0.25, 0.3) is 10.9 Å². The zero-order valence-corrected chi connectivity index (χ0v) is 12.4. The van der Waals surface area contributed by atoms with Crippen molar-refractivity contribution in [2.24, 2.45) is 5.41 Å². The Labute approximate surface area is 119 Å². The molecule has 1 aromatic carbocycles. The molecule has 0 bridgehead atoms. The zero-order chi connectivity index (χ0) is 13.9. The van der Waals surface area contributed by atoms with Gasteiger partial charge >= 0.3 is 0 Å². The van der Waals surface area contributed by atoms with Crippen molar-refractivity contribution in [2.45, 2.75) is 32.6 Å². The highest BCUT2D eigenvalue weighted by Crippen LogP contribution is 2.23. The van der Waals surface area contributed by atoms with Crippen LogP contribution in [0.1, 0.15) is 27.2 Å². The Kier molecular flexibility index (Phi) is 4.25. The number of fused-ring (bicyclic) bond motifs is 1. The number of hydrogen-bond acceptors (Lipinski definition) is 3. The topological polar surface area (TPSA) is 37.8 Å². The second-order valence-corrected chi connectivity index (χ2v) is 6.61. The van der Waals surface area contributed by atoms with Gasteiger partial charge in [0.05, 0.1) is 10.9 Å². The fourth-order valence-corrected chi connectivity index (χ4v) is 2.54. The maximum Gasteiger partial charge on any atom is 0.223 e. The van der Waals surface area contributed by atoms with Gasteiger partial charge in [0, 0.05) is 18.1 Å². The Morgan fingerprint density at radius 2 is 2.00 bits per heavy atom. The number of alkyl halides is 1. The quantitative estimate of drug-likeness (QED) is 0.856. The van der Waals surface area contributed by atoms with Crippen LogP contribution in [-0.2, 0) is 0 Å². The lowest BCUT2D eigenvalue weighted by atomic mass is 9.90. The molecule has 0 spiro atoms. The Bertz CT molecular complexity index is 548. The molecule has 0 aliphatic heterocycles. The number of nitrogens with zero attached hydrogens (tertiary/aromatic N) is 2. The first-order valence-electron chi connectivity index (χ1n) is 6.54. The van der Waals surface area contributed by atoms with Gasteiger partial charge in [-0.3, -0.25) is 0 Å². The smallest absolute Gasteiger partial charge is 0.223 e. The number of halogens is 1. The summed E-state index contributed by atoms with van der Waals surface area (Å²) in [6, 6.07) is 7.94. The number of aromatic nitrogens is 2. The minimum Gasteiger partial charge on any atom is -0.353 e. The van der Waals surface area contributed by atoms with Crippen molar-refractivity contribution in [1.82, 2.24) is 9.97 Å². The maximum absolute atomic E-state index is 6.32. The van der Waals surface area contributed by atoms with E-state index in [1.807, 2.05) is 30.5 Å². The second-order valence-electron chi connectivity index (χ2n) is 6.00. The summed E-state index contributed by atoms with van der Waals surface area (Å²) in [5, 5.41) is 4.33. The van der Waals surface area contributed by atoms with Gasteiger partial charge in [-0.1, -0.05) is 39.0 Å². The highest BCUT2D eigenvalue weighted by molar-refractivity contribution is 6.20. The lowest BCUT2D eigenvalue weighted by molar-refractivity contribution is 0.373. The van der Waals surface area contributed by atoms with Crippen molar-refractivity contribution in [1.29, 1.82) is 0 Å². The lowest BCUT2D eigenvalue weighted by Gasteiger charge is -2.21. The Balaban J connectivity index is 1.98. The minimum absolute atomic E-state index is 0.0788. The van der Waals surface area contributed by atoms with Crippen LogP contribution in [0.15, 0.2) is 30.5 Å². The molecule has 1 unspecified atom stereocenters. The fraction of sp³-hybridized carbons (Fsp3) is 0.467. The Hall–Kier alpha value is -1.35. The van der Waals surface area contributed by atoms with Crippen LogP contribution in [0, 0.1) is 5.41 Å². The van der Waals surface area contributed by atoms with E-state index in [9.17, 15) is 0 Å². The van der Waals surface area contributed by atoms with Crippen LogP contribution in [-0.4, -0.2) is 21.9 Å². The molecule has 1 N–H and O–H groups in total. The number of nitrogens with one attached hydrogen (secondary N) is 1. The third-order valence-corrected chi connectivity index (χ3v) is 3.11. The molecule has 0 amide bonds. The summed E-state index contributed by atoms with van der Waals surface area (Å²) in [4.78, 5) is 8.76. The van der Waals surface area contributed by atoms with Crippen LogP contribution in [0.4, 0.5) is 5.95 Å². The van der Waals surface area contributed by atoms with Crippen molar-refractivity contribution in [3.8, 4) is 0 Å². The zero-order valence-electron chi connectivity index (χ0n) is 11.7. The SMILES string of the molecule is CC(C)(C)CC(Cl)CNc1ncc2ccccc2n1. The third-order valence-electron chi connectivity index (χ3n) is 2.80. The highest BCUT2D eigenvalue weighted by Gasteiger charge is 2.16. The summed E-state index contributed by atoms with van der Waals surface area (Å²) in [5.41, 5.74) is 1.18. The molecule has 102 valence electrons. The molecule has 2 rings (SSSR count). The average molecular weight is 278 g/mol. The van der Waals surface area contributed by atoms with Gasteiger partial charge in [0.25, 0.3) is 0 Å². The normalized spacial score (nSPS) is 13.5. The van der Waals surface area contributed by atoms with E-state index in [2.05, 4.69) is 36.1 Å². The molecule has 3 nitrogen and oxygen atoms in total. The number of anilines is 1. The molecule has 0 fully saturated rings. The standard InChI is InChI=1S/C15H20ClN3/c1-15(2,3)8-12(16)10-18-14-17-9-11-6-4-5-7-13(11)19-14/h4-7,9,12H,8,10H2,1-3H3,(H,17,18,19). The van der Waals surface area contributed by atoms with Crippen LogP contribution in [0.3, 0.4) is 0 Å². The maximum atomic E-state index is 6.32. The second kappa shape index (κ2) is 5.74. The van der Waals surface area contributed by atoms with Gasteiger partial charge in [0.2, 0.25) is 5.95 Å². The van der Waals surface area contributed by atoms with Crippen LogP contribution < -0.4 is 5.32 Å². The van der Waals surface area contributed by atoms with Crippen molar-refractivity contribution in [2.75, 3.05) is 11.9 Å². The van der Waals surface area contributed by atoms with Crippen LogP contribution in [0.2, 0.25) is 0 Å². The van der Waals surface area contributed by atoms with Gasteiger partial charge in [0.1, 0.15) is 0 Å². The first-order valence-corrected chi connectivity index (χ1v) is 6.97. The molecule has 1 atom stereocenters. The Morgan fingerprint density at radius 3 is 2.74 bits per heavy atom. The minimum atomic E-state index is 0.0788. The van der Waals surface area contributed by atoms with Gasteiger partial charge in [-0.25, -0.2) is 9.97 Å². The van der Waals surface area contributed by atoms with Gasteiger partial charge in [0.15, 0.2) is 0 Å². The van der Waals surface area contributed by atoms with Crippen molar-refractivity contribution in [3.63, 3.8) is 0 Å². The van der Waals surface area contributed by atoms with Crippen molar-refractivity contribution < 1.29 is 0 Å². The average Bonchev–Trinajstić information content (AvgIpc) is 2.34. The molecule has 0 saturated carbocycles. The van der Waals surface area contributed by atoms with Crippen LogP contribution in [0.5, 0.6) is 0 Å². The fourth-order valence-electron chi connectivity index (χ4n) is 2.00. The van der Waals surface area contributed by atoms with Gasteiger partial charge in [-0.15, -0.1) is 11.6 Å². The largest absolute Gasteiger partial charge is 0.353 e. The molecular formula is C15H20ClN3. The summed E-state index contributed by atoms with van der Waals surface area (Å²) in [6.45, 7) is 7.25. The summed E-state index contributed by atoms with van der Waals surface area (Å²) < 4.78 is 0. The van der Waals surface area contributed by atoms with E-state index in [0.717, 1.165) is 17.3 Å². The first-order chi connectivity index (χ1) is 8.94. The van der Waals surface area contributed by atoms with Crippen LogP contribution >= 0.6 is 11.6 Å². The van der Waals surface area contributed by atoms with E-state index in [1.54, 1.807) is 0 Å². The lowest BCUT2D eigenvalue weighted by Crippen LogP contribution is -2.21. The highest BCUT2D eigenvalue weighted by atomic mass is 35.5. The monoisotopic (exact) mass is 277 g/mol. The summed E-state index contributed by atoms with van der Waals surface area (Å²) >= 11 is 6.32. The molecule has 0 radical (unpaired) electrons. The van der Waals surface area contributed by atoms with E-state index in [1.165, 1.54) is 0 Å². The third kappa shape index (κ3) is 4.35. The molecule has 0 aliphatic carbocycles. The van der Waals surface area contributed by atoms with Crippen molar-refractivity contribution in [3.05, 3.63) is 30.5 Å². The molecule has 1 heterocycles. The molecule has 4 heteroatoms. The molecule has 0 saturated heterocycles. The predicted octanol–water partition coefficient (Wildman–Crippen LogP) is 4.09. The summed E-state index contributed by atoms with van der Waals surface area (Å²) in [5.74, 6) is 0.637. The molecule has 2 aromatic rings. The van der Waals surface area contributed by atoms with Gasteiger partial charge < -0.3 is 5.32 Å². The summed E-state index contributed by atoms with van der Waals surface area (Å²) in [7, 11) is 0. The first kappa shape index (κ1) is 14.1. The number of benzene rings is 1. The van der Waals surface area contributed by atoms with E-state index < -0.39 is 0 Å². The van der Waals surface area contributed by atoms with E-state index >= 15 is 0 Å². The van der Waals surface area contributed by atoms with E-state index in [4.69, 9.17) is 11.6 Å². The molecule has 0 aliphatic rings. The molecular weight excluding hydrogens is 258 g/mol. The van der Waals surface area contributed by atoms with Crippen molar-refractivity contribution >= 4 is 28.5 Å². The van der Waals surface area contributed by atoms with Gasteiger partial charge in [-0.05, 0) is 17.9 Å². The Morgan fingerprint density at radius 1 is 1.26 bits per heavy atom. The van der Waals surface area contributed by atoms with Gasteiger partial charge in [-0.2, -0.15) is 0 Å². The molecule has 19 heavy (non-hydrogen) atoms. The number of para-hydroxylation sites is 1. The van der Waals surface area contributed by atoms with E-state index in [-0.39, 0.29) is 10.8 Å².